The molecule has 0 aliphatic rings. The SMILES string of the molecule is Cn1[nH]c(=O)c(-c2cccnc2)c1O. The van der Waals surface area contributed by atoms with Gasteiger partial charge in [-0.25, -0.2) is 0 Å². The molecule has 0 aromatic carbocycles. The average Bonchev–Trinajstić information content (AvgIpc) is 2.43. The molecule has 2 rings (SSSR count). The molecule has 2 heterocycles. The first-order chi connectivity index (χ1) is 6.70. The minimum Gasteiger partial charge on any atom is -0.493 e. The number of aromatic nitrogens is 3. The quantitative estimate of drug-likeness (QED) is 0.688. The topological polar surface area (TPSA) is 70.9 Å². The monoisotopic (exact) mass is 191 g/mol. The van der Waals surface area contributed by atoms with Crippen LogP contribution in [0, 0.1) is 0 Å². The molecule has 0 radical (unpaired) electrons. The van der Waals surface area contributed by atoms with Crippen molar-refractivity contribution < 1.29 is 5.11 Å². The van der Waals surface area contributed by atoms with E-state index in [1.165, 1.54) is 10.9 Å². The molecule has 14 heavy (non-hydrogen) atoms. The number of aromatic amines is 1. The van der Waals surface area contributed by atoms with Gasteiger partial charge < -0.3 is 5.11 Å². The first kappa shape index (κ1) is 8.55. The lowest BCUT2D eigenvalue weighted by molar-refractivity contribution is 0.420. The summed E-state index contributed by atoms with van der Waals surface area (Å²) in [6.07, 6.45) is 3.14. The van der Waals surface area contributed by atoms with Crippen molar-refractivity contribution in [2.24, 2.45) is 7.05 Å². The number of pyridine rings is 1. The number of rotatable bonds is 1. The zero-order valence-electron chi connectivity index (χ0n) is 7.56. The first-order valence-corrected chi connectivity index (χ1v) is 4.08. The van der Waals surface area contributed by atoms with E-state index in [0.29, 0.717) is 5.56 Å². The van der Waals surface area contributed by atoms with Gasteiger partial charge in [-0.2, -0.15) is 0 Å². The van der Waals surface area contributed by atoms with Crippen LogP contribution in [0.2, 0.25) is 0 Å². The molecular weight excluding hydrogens is 182 g/mol. The summed E-state index contributed by atoms with van der Waals surface area (Å²) < 4.78 is 1.27. The molecule has 0 atom stereocenters. The van der Waals surface area contributed by atoms with Gasteiger partial charge in [0.15, 0.2) is 0 Å². The maximum Gasteiger partial charge on any atom is 0.276 e. The Morgan fingerprint density at radius 1 is 1.57 bits per heavy atom. The van der Waals surface area contributed by atoms with Gasteiger partial charge in [-0.3, -0.25) is 19.6 Å². The molecule has 5 heteroatoms. The highest BCUT2D eigenvalue weighted by atomic mass is 16.3. The molecule has 0 spiro atoms. The number of aromatic hydroxyl groups is 1. The molecule has 0 saturated carbocycles. The third-order valence-electron chi connectivity index (χ3n) is 1.99. The van der Waals surface area contributed by atoms with Crippen molar-refractivity contribution in [3.05, 3.63) is 34.9 Å². The molecule has 0 fully saturated rings. The maximum absolute atomic E-state index is 11.4. The Kier molecular flexibility index (Phi) is 1.85. The molecule has 2 N–H and O–H groups in total. The highest BCUT2D eigenvalue weighted by molar-refractivity contribution is 5.66. The predicted molar refractivity (Wildman–Crippen MR) is 50.9 cm³/mol. The van der Waals surface area contributed by atoms with E-state index in [2.05, 4.69) is 10.1 Å². The van der Waals surface area contributed by atoms with E-state index in [0.717, 1.165) is 0 Å². The van der Waals surface area contributed by atoms with E-state index in [-0.39, 0.29) is 17.0 Å². The second-order valence-electron chi connectivity index (χ2n) is 2.94. The minimum absolute atomic E-state index is 0.0806. The standard InChI is InChI=1S/C9H9N3O2/c1-12-9(14)7(8(13)11-12)6-3-2-4-10-5-6/h2-5,14H,1H3,(H,11,13). The van der Waals surface area contributed by atoms with Crippen LogP contribution < -0.4 is 5.56 Å². The summed E-state index contributed by atoms with van der Waals surface area (Å²) in [5.41, 5.74) is 0.533. The fraction of sp³-hybridized carbons (Fsp3) is 0.111. The number of nitrogens with one attached hydrogen (secondary N) is 1. The molecule has 0 bridgehead atoms. The number of H-pyrrole nitrogens is 1. The lowest BCUT2D eigenvalue weighted by Gasteiger charge is -1.96. The highest BCUT2D eigenvalue weighted by Gasteiger charge is 2.13. The van der Waals surface area contributed by atoms with Crippen LogP contribution in [0.3, 0.4) is 0 Å². The molecule has 0 unspecified atom stereocenters. The highest BCUT2D eigenvalue weighted by Crippen LogP contribution is 2.22. The number of hydrogen-bond acceptors (Lipinski definition) is 3. The van der Waals surface area contributed by atoms with E-state index in [1.54, 1.807) is 25.4 Å². The largest absolute Gasteiger partial charge is 0.493 e. The second kappa shape index (κ2) is 3.02. The van der Waals surface area contributed by atoms with Crippen molar-refractivity contribution in [2.45, 2.75) is 0 Å². The number of nitrogens with zero attached hydrogens (tertiary/aromatic N) is 2. The number of hydrogen-bond donors (Lipinski definition) is 2. The van der Waals surface area contributed by atoms with Gasteiger partial charge >= 0.3 is 0 Å². The van der Waals surface area contributed by atoms with Crippen LogP contribution in [-0.2, 0) is 7.05 Å². The van der Waals surface area contributed by atoms with Gasteiger partial charge in [-0.15, -0.1) is 0 Å². The summed E-state index contributed by atoms with van der Waals surface area (Å²) in [5, 5.41) is 12.0. The van der Waals surface area contributed by atoms with Gasteiger partial charge in [0.1, 0.15) is 5.56 Å². The Morgan fingerprint density at radius 2 is 2.36 bits per heavy atom. The van der Waals surface area contributed by atoms with Crippen LogP contribution in [0.1, 0.15) is 0 Å². The van der Waals surface area contributed by atoms with Crippen LogP contribution in [-0.4, -0.2) is 19.9 Å². The fourth-order valence-corrected chi connectivity index (χ4v) is 1.30. The first-order valence-electron chi connectivity index (χ1n) is 4.08. The lowest BCUT2D eigenvalue weighted by atomic mass is 10.1. The van der Waals surface area contributed by atoms with Crippen LogP contribution in [0.15, 0.2) is 29.3 Å². The van der Waals surface area contributed by atoms with Crippen molar-refractivity contribution in [1.82, 2.24) is 14.8 Å². The molecule has 2 aromatic rings. The summed E-state index contributed by atoms with van der Waals surface area (Å²) in [7, 11) is 1.57. The molecule has 5 nitrogen and oxygen atoms in total. The van der Waals surface area contributed by atoms with E-state index < -0.39 is 0 Å². The Bertz CT molecular complexity index is 499. The van der Waals surface area contributed by atoms with Gasteiger partial charge in [-0.1, -0.05) is 6.07 Å². The summed E-state index contributed by atoms with van der Waals surface area (Å²) in [5.74, 6) is -0.0806. The second-order valence-corrected chi connectivity index (χ2v) is 2.94. The molecule has 2 aromatic heterocycles. The average molecular weight is 191 g/mol. The minimum atomic E-state index is -0.321. The molecule has 72 valence electrons. The lowest BCUT2D eigenvalue weighted by Crippen LogP contribution is -2.03. The Morgan fingerprint density at radius 3 is 2.86 bits per heavy atom. The van der Waals surface area contributed by atoms with E-state index in [9.17, 15) is 9.90 Å². The van der Waals surface area contributed by atoms with E-state index in [1.807, 2.05) is 0 Å². The molecule has 0 aliphatic carbocycles. The van der Waals surface area contributed by atoms with E-state index in [4.69, 9.17) is 0 Å². The summed E-state index contributed by atoms with van der Waals surface area (Å²) in [6.45, 7) is 0. The predicted octanol–water partition coefficient (Wildman–Crippen LogP) is 0.481. The van der Waals surface area contributed by atoms with Crippen molar-refractivity contribution in [3.8, 4) is 17.0 Å². The normalized spacial score (nSPS) is 10.4. The molecular formula is C9H9N3O2. The van der Waals surface area contributed by atoms with Crippen LogP contribution >= 0.6 is 0 Å². The van der Waals surface area contributed by atoms with Gasteiger partial charge in [0.25, 0.3) is 5.56 Å². The van der Waals surface area contributed by atoms with Gasteiger partial charge in [0.05, 0.1) is 0 Å². The third-order valence-corrected chi connectivity index (χ3v) is 1.99. The summed E-state index contributed by atoms with van der Waals surface area (Å²) >= 11 is 0. The maximum atomic E-state index is 11.4. The van der Waals surface area contributed by atoms with Crippen molar-refractivity contribution in [3.63, 3.8) is 0 Å². The number of aryl methyl sites for hydroxylation is 1. The third kappa shape index (κ3) is 1.19. The molecule has 0 saturated heterocycles. The Hall–Kier alpha value is -2.04. The van der Waals surface area contributed by atoms with Crippen molar-refractivity contribution >= 4 is 0 Å². The van der Waals surface area contributed by atoms with Crippen LogP contribution in [0.25, 0.3) is 11.1 Å². The van der Waals surface area contributed by atoms with Gasteiger partial charge in [0, 0.05) is 25.0 Å². The molecule has 0 amide bonds. The van der Waals surface area contributed by atoms with Crippen molar-refractivity contribution in [1.29, 1.82) is 0 Å². The molecule has 0 aliphatic heterocycles. The Balaban J connectivity index is 2.69. The van der Waals surface area contributed by atoms with Crippen LogP contribution in [0.4, 0.5) is 0 Å². The zero-order chi connectivity index (χ0) is 10.1. The summed E-state index contributed by atoms with van der Waals surface area (Å²) in [6, 6.07) is 3.43. The van der Waals surface area contributed by atoms with Crippen LogP contribution in [0.5, 0.6) is 5.88 Å². The smallest absolute Gasteiger partial charge is 0.276 e. The summed E-state index contributed by atoms with van der Waals surface area (Å²) in [4.78, 5) is 15.3. The van der Waals surface area contributed by atoms with Gasteiger partial charge in [0.2, 0.25) is 5.88 Å². The van der Waals surface area contributed by atoms with Gasteiger partial charge in [-0.05, 0) is 6.07 Å². The fourth-order valence-electron chi connectivity index (χ4n) is 1.30. The zero-order valence-corrected chi connectivity index (χ0v) is 7.56. The van der Waals surface area contributed by atoms with E-state index >= 15 is 0 Å². The Labute approximate surface area is 79.6 Å². The van der Waals surface area contributed by atoms with Crippen molar-refractivity contribution in [2.75, 3.05) is 0 Å².